The van der Waals surface area contributed by atoms with Crippen molar-refractivity contribution >= 4 is 11.8 Å². The SMILES string of the molecule is CC1=CN2C(=NC=C(C(=O)O)[C@@H]2O)C=C1. The third-order valence-corrected chi connectivity index (χ3v) is 2.23. The number of amidine groups is 1. The van der Waals surface area contributed by atoms with E-state index in [0.717, 1.165) is 5.57 Å². The van der Waals surface area contributed by atoms with Gasteiger partial charge in [-0.05, 0) is 18.6 Å². The van der Waals surface area contributed by atoms with Crippen LogP contribution in [0.2, 0.25) is 0 Å². The maximum atomic E-state index is 10.8. The molecule has 2 heterocycles. The summed E-state index contributed by atoms with van der Waals surface area (Å²) in [5.41, 5.74) is 0.803. The molecule has 5 nitrogen and oxygen atoms in total. The van der Waals surface area contributed by atoms with Gasteiger partial charge in [0.15, 0.2) is 6.23 Å². The van der Waals surface area contributed by atoms with E-state index in [0.29, 0.717) is 5.84 Å². The van der Waals surface area contributed by atoms with Crippen LogP contribution in [-0.4, -0.2) is 33.1 Å². The van der Waals surface area contributed by atoms with Crippen LogP contribution in [-0.2, 0) is 4.79 Å². The number of nitrogens with zero attached hydrogens (tertiary/aromatic N) is 2. The van der Waals surface area contributed by atoms with Crippen molar-refractivity contribution in [3.8, 4) is 0 Å². The Labute approximate surface area is 86.3 Å². The summed E-state index contributed by atoms with van der Waals surface area (Å²) >= 11 is 0. The lowest BCUT2D eigenvalue weighted by Gasteiger charge is -2.31. The minimum Gasteiger partial charge on any atom is -0.478 e. The number of rotatable bonds is 1. The number of carbonyl (C=O) groups is 1. The molecule has 2 aliphatic rings. The van der Waals surface area contributed by atoms with Gasteiger partial charge in [0.25, 0.3) is 0 Å². The normalized spacial score (nSPS) is 24.0. The van der Waals surface area contributed by atoms with Crippen LogP contribution < -0.4 is 0 Å². The summed E-state index contributed by atoms with van der Waals surface area (Å²) in [6, 6.07) is 0. The molecule has 0 saturated heterocycles. The predicted molar refractivity (Wildman–Crippen MR) is 53.9 cm³/mol. The van der Waals surface area contributed by atoms with Crippen molar-refractivity contribution in [2.75, 3.05) is 0 Å². The molecule has 5 heteroatoms. The van der Waals surface area contributed by atoms with E-state index in [1.165, 1.54) is 11.1 Å². The first-order valence-electron chi connectivity index (χ1n) is 4.43. The van der Waals surface area contributed by atoms with E-state index in [1.807, 2.05) is 13.0 Å². The topological polar surface area (TPSA) is 73.1 Å². The molecular formula is C10H10N2O3. The highest BCUT2D eigenvalue weighted by Crippen LogP contribution is 2.20. The number of aliphatic hydroxyl groups is 1. The number of hydrogen-bond donors (Lipinski definition) is 2. The largest absolute Gasteiger partial charge is 0.478 e. The van der Waals surface area contributed by atoms with E-state index < -0.39 is 12.2 Å². The summed E-state index contributed by atoms with van der Waals surface area (Å²) in [5, 5.41) is 18.6. The average molecular weight is 206 g/mol. The van der Waals surface area contributed by atoms with E-state index in [1.54, 1.807) is 12.3 Å². The molecule has 0 bridgehead atoms. The van der Waals surface area contributed by atoms with Crippen LogP contribution >= 0.6 is 0 Å². The number of aliphatic carboxylic acids is 1. The lowest BCUT2D eigenvalue weighted by atomic mass is 10.1. The van der Waals surface area contributed by atoms with Gasteiger partial charge < -0.3 is 15.1 Å². The highest BCUT2D eigenvalue weighted by molar-refractivity contribution is 5.99. The molecule has 78 valence electrons. The van der Waals surface area contributed by atoms with Crippen molar-refractivity contribution in [1.29, 1.82) is 0 Å². The minimum atomic E-state index is -1.17. The molecule has 0 saturated carbocycles. The third-order valence-electron chi connectivity index (χ3n) is 2.23. The fraction of sp³-hybridized carbons (Fsp3) is 0.200. The Hall–Kier alpha value is -1.88. The molecule has 2 rings (SSSR count). The quantitative estimate of drug-likeness (QED) is 0.653. The molecule has 15 heavy (non-hydrogen) atoms. The van der Waals surface area contributed by atoms with Crippen LogP contribution in [0.3, 0.4) is 0 Å². The average Bonchev–Trinajstić information content (AvgIpc) is 2.19. The van der Waals surface area contributed by atoms with E-state index in [-0.39, 0.29) is 5.57 Å². The molecule has 0 radical (unpaired) electrons. The number of allylic oxidation sites excluding steroid dienone is 2. The first kappa shape index (κ1) is 9.67. The van der Waals surface area contributed by atoms with E-state index in [4.69, 9.17) is 5.11 Å². The van der Waals surface area contributed by atoms with Crippen LogP contribution in [0.25, 0.3) is 0 Å². The fourth-order valence-corrected chi connectivity index (χ4v) is 1.44. The second-order valence-corrected chi connectivity index (χ2v) is 3.36. The van der Waals surface area contributed by atoms with Crippen molar-refractivity contribution in [3.05, 3.63) is 35.7 Å². The Kier molecular flexibility index (Phi) is 2.17. The summed E-state index contributed by atoms with van der Waals surface area (Å²) < 4.78 is 0. The van der Waals surface area contributed by atoms with Crippen molar-refractivity contribution in [2.45, 2.75) is 13.2 Å². The zero-order valence-electron chi connectivity index (χ0n) is 8.08. The van der Waals surface area contributed by atoms with Crippen LogP contribution in [0, 0.1) is 0 Å². The molecule has 0 aromatic carbocycles. The lowest BCUT2D eigenvalue weighted by Crippen LogP contribution is -2.41. The van der Waals surface area contributed by atoms with Crippen LogP contribution in [0.4, 0.5) is 0 Å². The Morgan fingerprint density at radius 2 is 2.27 bits per heavy atom. The van der Waals surface area contributed by atoms with Crippen molar-refractivity contribution < 1.29 is 15.0 Å². The standard InChI is InChI=1S/C10H10N2O3/c1-6-2-3-8-11-4-7(10(14)15)9(13)12(8)5-6/h2-5,9,13H,1H3,(H,14,15)/t9-/m0/s1. The zero-order valence-corrected chi connectivity index (χ0v) is 8.08. The molecule has 0 aromatic heterocycles. The summed E-state index contributed by atoms with van der Waals surface area (Å²) in [7, 11) is 0. The number of fused-ring (bicyclic) bond motifs is 1. The van der Waals surface area contributed by atoms with E-state index in [9.17, 15) is 9.90 Å². The third kappa shape index (κ3) is 1.57. The summed E-state index contributed by atoms with van der Waals surface area (Å²) in [6.45, 7) is 1.86. The fourth-order valence-electron chi connectivity index (χ4n) is 1.44. The number of hydrogen-bond acceptors (Lipinski definition) is 4. The highest BCUT2D eigenvalue weighted by atomic mass is 16.4. The first-order valence-corrected chi connectivity index (χ1v) is 4.43. The molecular weight excluding hydrogens is 196 g/mol. The summed E-state index contributed by atoms with van der Waals surface area (Å²) in [4.78, 5) is 16.1. The molecule has 1 atom stereocenters. The van der Waals surface area contributed by atoms with Gasteiger partial charge in [0, 0.05) is 12.4 Å². The van der Waals surface area contributed by atoms with Gasteiger partial charge in [-0.2, -0.15) is 0 Å². The molecule has 2 aliphatic heterocycles. The Morgan fingerprint density at radius 3 is 2.93 bits per heavy atom. The highest BCUT2D eigenvalue weighted by Gasteiger charge is 2.29. The van der Waals surface area contributed by atoms with Gasteiger partial charge in [0.05, 0.1) is 0 Å². The van der Waals surface area contributed by atoms with Gasteiger partial charge in [-0.25, -0.2) is 9.79 Å². The Balaban J connectivity index is 2.40. The molecule has 0 spiro atoms. The maximum absolute atomic E-state index is 10.8. The number of aliphatic hydroxyl groups excluding tert-OH is 1. The van der Waals surface area contributed by atoms with Crippen molar-refractivity contribution in [2.24, 2.45) is 4.99 Å². The van der Waals surface area contributed by atoms with Crippen LogP contribution in [0.1, 0.15) is 6.92 Å². The zero-order chi connectivity index (χ0) is 11.0. The van der Waals surface area contributed by atoms with Gasteiger partial charge >= 0.3 is 5.97 Å². The second kappa shape index (κ2) is 3.36. The molecule has 0 aromatic rings. The molecule has 0 fully saturated rings. The molecule has 0 amide bonds. The summed E-state index contributed by atoms with van der Waals surface area (Å²) in [5.74, 6) is -0.621. The Bertz CT molecular complexity index is 432. The van der Waals surface area contributed by atoms with Crippen LogP contribution in [0.15, 0.2) is 40.7 Å². The number of carboxylic acid groups (broad SMARTS) is 1. The smallest absolute Gasteiger partial charge is 0.337 e. The van der Waals surface area contributed by atoms with Crippen molar-refractivity contribution in [3.63, 3.8) is 0 Å². The van der Waals surface area contributed by atoms with Gasteiger partial charge in [-0.1, -0.05) is 6.08 Å². The molecule has 0 aliphatic carbocycles. The predicted octanol–water partition coefficient (Wildman–Crippen LogP) is 0.461. The van der Waals surface area contributed by atoms with Gasteiger partial charge in [0.1, 0.15) is 11.4 Å². The molecule has 2 N–H and O–H groups in total. The van der Waals surface area contributed by atoms with Gasteiger partial charge in [-0.3, -0.25) is 0 Å². The van der Waals surface area contributed by atoms with E-state index in [2.05, 4.69) is 4.99 Å². The van der Waals surface area contributed by atoms with Crippen LogP contribution in [0.5, 0.6) is 0 Å². The number of aliphatic imine (C=N–C) groups is 1. The van der Waals surface area contributed by atoms with Crippen molar-refractivity contribution in [1.82, 2.24) is 4.90 Å². The Morgan fingerprint density at radius 1 is 1.53 bits per heavy atom. The second-order valence-electron chi connectivity index (χ2n) is 3.36. The monoisotopic (exact) mass is 206 g/mol. The maximum Gasteiger partial charge on any atom is 0.337 e. The minimum absolute atomic E-state index is 0.127. The first-order chi connectivity index (χ1) is 7.09. The van der Waals surface area contributed by atoms with E-state index >= 15 is 0 Å². The lowest BCUT2D eigenvalue weighted by molar-refractivity contribution is -0.134. The molecule has 0 unspecified atom stereocenters. The van der Waals surface area contributed by atoms with Gasteiger partial charge in [-0.15, -0.1) is 0 Å². The summed E-state index contributed by atoms with van der Waals surface area (Å²) in [6.07, 6.45) is 5.25. The number of carboxylic acids is 1. The van der Waals surface area contributed by atoms with Gasteiger partial charge in [0.2, 0.25) is 0 Å².